The molecular weight excluding hydrogens is 335 g/mol. The van der Waals surface area contributed by atoms with Crippen molar-refractivity contribution in [1.82, 2.24) is 0 Å². The molecule has 0 aliphatic rings. The normalized spacial score (nSPS) is 11.4. The predicted octanol–water partition coefficient (Wildman–Crippen LogP) is 4.18. The van der Waals surface area contributed by atoms with Crippen molar-refractivity contribution >= 4 is 24.0 Å². The van der Waals surface area contributed by atoms with Crippen LogP contribution in [0.25, 0.3) is 6.08 Å². The Morgan fingerprint density at radius 1 is 1.16 bits per heavy atom. The molecule has 0 atom stereocenters. The largest absolute Gasteiger partial charge is 0.496 e. The number of carbonyl (C=O) groups is 2. The quantitative estimate of drug-likeness (QED) is 0.651. The van der Waals surface area contributed by atoms with Crippen LogP contribution < -0.4 is 10.1 Å². The van der Waals surface area contributed by atoms with Gasteiger partial charge in [-0.05, 0) is 35.9 Å². The Morgan fingerprint density at radius 2 is 1.88 bits per heavy atom. The van der Waals surface area contributed by atoms with Gasteiger partial charge in [-0.3, -0.25) is 9.59 Å². The zero-order chi connectivity index (χ0) is 18.4. The lowest BCUT2D eigenvalue weighted by molar-refractivity contribution is -0.138. The fourth-order valence-corrected chi connectivity index (χ4v) is 2.11. The Bertz CT molecular complexity index is 813. The molecule has 0 aliphatic carbocycles. The van der Waals surface area contributed by atoms with E-state index in [0.29, 0.717) is 23.1 Å². The molecule has 0 heterocycles. The SMILES string of the molecule is COc1cc(/C=C/C(=O)Nc2ccccc2C=O)ccc1C(F)(F)F. The number of rotatable bonds is 5. The molecule has 1 N–H and O–H groups in total. The van der Waals surface area contributed by atoms with Gasteiger partial charge in [0.05, 0.1) is 18.4 Å². The number of hydrogen-bond donors (Lipinski definition) is 1. The first-order valence-corrected chi connectivity index (χ1v) is 7.13. The van der Waals surface area contributed by atoms with Crippen LogP contribution in [0.4, 0.5) is 18.9 Å². The fraction of sp³-hybridized carbons (Fsp3) is 0.111. The van der Waals surface area contributed by atoms with Crippen molar-refractivity contribution in [2.24, 2.45) is 0 Å². The van der Waals surface area contributed by atoms with E-state index in [4.69, 9.17) is 4.74 Å². The van der Waals surface area contributed by atoms with Crippen molar-refractivity contribution in [3.8, 4) is 5.75 Å². The summed E-state index contributed by atoms with van der Waals surface area (Å²) in [6.45, 7) is 0. The van der Waals surface area contributed by atoms with E-state index < -0.39 is 17.6 Å². The highest BCUT2D eigenvalue weighted by Crippen LogP contribution is 2.36. The van der Waals surface area contributed by atoms with Gasteiger partial charge in [-0.25, -0.2) is 0 Å². The molecule has 0 aromatic heterocycles. The van der Waals surface area contributed by atoms with E-state index in [1.165, 1.54) is 18.2 Å². The van der Waals surface area contributed by atoms with Crippen molar-refractivity contribution in [3.63, 3.8) is 0 Å². The molecule has 2 aromatic carbocycles. The van der Waals surface area contributed by atoms with Crippen molar-refractivity contribution in [2.75, 3.05) is 12.4 Å². The number of hydrogen-bond acceptors (Lipinski definition) is 3. The lowest BCUT2D eigenvalue weighted by Crippen LogP contribution is -2.09. The molecule has 0 radical (unpaired) electrons. The lowest BCUT2D eigenvalue weighted by Gasteiger charge is -2.12. The Balaban J connectivity index is 2.16. The molecule has 7 heteroatoms. The number of para-hydroxylation sites is 1. The van der Waals surface area contributed by atoms with Crippen LogP contribution in [-0.2, 0) is 11.0 Å². The van der Waals surface area contributed by atoms with Gasteiger partial charge < -0.3 is 10.1 Å². The summed E-state index contributed by atoms with van der Waals surface area (Å²) in [4.78, 5) is 22.8. The van der Waals surface area contributed by atoms with Crippen LogP contribution in [0.1, 0.15) is 21.5 Å². The zero-order valence-electron chi connectivity index (χ0n) is 13.1. The van der Waals surface area contributed by atoms with Crippen LogP contribution in [0.2, 0.25) is 0 Å². The van der Waals surface area contributed by atoms with Crippen LogP contribution in [0, 0.1) is 0 Å². The zero-order valence-corrected chi connectivity index (χ0v) is 13.1. The molecule has 130 valence electrons. The molecule has 0 spiro atoms. The highest BCUT2D eigenvalue weighted by Gasteiger charge is 2.34. The molecule has 2 aromatic rings. The van der Waals surface area contributed by atoms with E-state index in [0.717, 1.165) is 19.3 Å². The van der Waals surface area contributed by atoms with E-state index in [2.05, 4.69) is 5.32 Å². The van der Waals surface area contributed by atoms with Crippen LogP contribution in [0.15, 0.2) is 48.5 Å². The van der Waals surface area contributed by atoms with E-state index in [9.17, 15) is 22.8 Å². The molecule has 2 rings (SSSR count). The van der Waals surface area contributed by atoms with Gasteiger partial charge in [0.25, 0.3) is 0 Å². The molecule has 0 saturated carbocycles. The highest BCUT2D eigenvalue weighted by molar-refractivity contribution is 6.04. The van der Waals surface area contributed by atoms with Crippen molar-refractivity contribution in [3.05, 3.63) is 65.2 Å². The summed E-state index contributed by atoms with van der Waals surface area (Å²) in [5.74, 6) is -0.852. The Hall–Kier alpha value is -3.09. The maximum Gasteiger partial charge on any atom is 0.419 e. The number of methoxy groups -OCH3 is 1. The summed E-state index contributed by atoms with van der Waals surface area (Å²) in [5, 5.41) is 2.53. The van der Waals surface area contributed by atoms with Crippen molar-refractivity contribution < 1.29 is 27.5 Å². The Labute approximate surface area is 141 Å². The van der Waals surface area contributed by atoms with E-state index >= 15 is 0 Å². The monoisotopic (exact) mass is 349 g/mol. The number of anilines is 1. The van der Waals surface area contributed by atoms with Gasteiger partial charge in [-0.1, -0.05) is 18.2 Å². The van der Waals surface area contributed by atoms with Gasteiger partial charge in [0.15, 0.2) is 6.29 Å². The molecule has 0 unspecified atom stereocenters. The summed E-state index contributed by atoms with van der Waals surface area (Å²) in [6, 6.07) is 9.74. The van der Waals surface area contributed by atoms with Gasteiger partial charge in [0.2, 0.25) is 5.91 Å². The molecular formula is C18H14F3NO3. The summed E-state index contributed by atoms with van der Waals surface area (Å²) in [6.07, 6.45) is -1.41. The van der Waals surface area contributed by atoms with Gasteiger partial charge in [-0.15, -0.1) is 0 Å². The fourth-order valence-electron chi connectivity index (χ4n) is 2.11. The van der Waals surface area contributed by atoms with Gasteiger partial charge >= 0.3 is 6.18 Å². The third-order valence-electron chi connectivity index (χ3n) is 3.30. The Morgan fingerprint density at radius 3 is 2.52 bits per heavy atom. The molecule has 0 bridgehead atoms. The Kier molecular flexibility index (Phi) is 5.59. The number of carbonyl (C=O) groups excluding carboxylic acids is 2. The molecule has 25 heavy (non-hydrogen) atoms. The van der Waals surface area contributed by atoms with Crippen molar-refractivity contribution in [1.29, 1.82) is 0 Å². The predicted molar refractivity (Wildman–Crippen MR) is 87.5 cm³/mol. The average Bonchev–Trinajstić information content (AvgIpc) is 2.59. The van der Waals surface area contributed by atoms with E-state index in [1.54, 1.807) is 24.3 Å². The van der Waals surface area contributed by atoms with Gasteiger partial charge in [0, 0.05) is 11.6 Å². The topological polar surface area (TPSA) is 55.4 Å². The third-order valence-corrected chi connectivity index (χ3v) is 3.30. The third kappa shape index (κ3) is 4.69. The first kappa shape index (κ1) is 18.3. The van der Waals surface area contributed by atoms with Gasteiger partial charge in [-0.2, -0.15) is 13.2 Å². The van der Waals surface area contributed by atoms with Crippen LogP contribution in [0.5, 0.6) is 5.75 Å². The summed E-state index contributed by atoms with van der Waals surface area (Å²) < 4.78 is 43.2. The van der Waals surface area contributed by atoms with Gasteiger partial charge in [0.1, 0.15) is 5.75 Å². The smallest absolute Gasteiger partial charge is 0.419 e. The van der Waals surface area contributed by atoms with E-state index in [-0.39, 0.29) is 5.75 Å². The summed E-state index contributed by atoms with van der Waals surface area (Å²) in [7, 11) is 1.14. The number of benzene rings is 2. The van der Waals surface area contributed by atoms with Crippen LogP contribution in [-0.4, -0.2) is 19.3 Å². The minimum absolute atomic E-state index is 0.320. The average molecular weight is 349 g/mol. The second-order valence-corrected chi connectivity index (χ2v) is 4.99. The molecule has 0 saturated heterocycles. The highest BCUT2D eigenvalue weighted by atomic mass is 19.4. The second kappa shape index (κ2) is 7.65. The summed E-state index contributed by atoms with van der Waals surface area (Å²) >= 11 is 0. The lowest BCUT2D eigenvalue weighted by atomic mass is 10.1. The molecule has 0 fully saturated rings. The van der Waals surface area contributed by atoms with Crippen molar-refractivity contribution in [2.45, 2.75) is 6.18 Å². The molecule has 4 nitrogen and oxygen atoms in total. The van der Waals surface area contributed by atoms with Crippen LogP contribution in [0.3, 0.4) is 0 Å². The standard InChI is InChI=1S/C18H14F3NO3/c1-25-16-10-12(6-8-14(16)18(19,20)21)7-9-17(24)22-15-5-3-2-4-13(15)11-23/h2-11H,1H3,(H,22,24)/b9-7+. The first-order chi connectivity index (χ1) is 11.8. The molecule has 0 aliphatic heterocycles. The minimum atomic E-state index is -4.52. The minimum Gasteiger partial charge on any atom is -0.496 e. The number of nitrogens with one attached hydrogen (secondary N) is 1. The van der Waals surface area contributed by atoms with E-state index in [1.807, 2.05) is 0 Å². The summed E-state index contributed by atoms with van der Waals surface area (Å²) in [5.41, 5.74) is 0.137. The maximum atomic E-state index is 12.8. The number of aldehydes is 1. The second-order valence-electron chi connectivity index (χ2n) is 4.99. The maximum absolute atomic E-state index is 12.8. The molecule has 1 amide bonds. The number of alkyl halides is 3. The van der Waals surface area contributed by atoms with Crippen LogP contribution >= 0.6 is 0 Å². The number of amides is 1. The number of ether oxygens (including phenoxy) is 1. The first-order valence-electron chi connectivity index (χ1n) is 7.13. The number of halogens is 3.